The minimum Gasteiger partial charge on any atom is -0.494 e. The van der Waals surface area contributed by atoms with E-state index >= 15 is 0 Å². The maximum Gasteiger partial charge on any atom is 0.263 e. The summed E-state index contributed by atoms with van der Waals surface area (Å²) in [6, 6.07) is 12.5. The first-order valence-electron chi connectivity index (χ1n) is 8.17. The van der Waals surface area contributed by atoms with E-state index in [4.69, 9.17) is 4.74 Å². The molecule has 0 radical (unpaired) electrons. The van der Waals surface area contributed by atoms with E-state index in [1.165, 1.54) is 11.3 Å². The number of aryl methyl sites for hydroxylation is 1. The second-order valence-electron chi connectivity index (χ2n) is 5.58. The van der Waals surface area contributed by atoms with Gasteiger partial charge in [-0.2, -0.15) is 0 Å². The number of aromatic nitrogens is 1. The summed E-state index contributed by atoms with van der Waals surface area (Å²) in [7, 11) is -3.65. The van der Waals surface area contributed by atoms with Gasteiger partial charge in [0.2, 0.25) is 0 Å². The Hall–Kier alpha value is -2.12. The van der Waals surface area contributed by atoms with Crippen LogP contribution in [0, 0.1) is 0 Å². The Morgan fingerprint density at radius 1 is 1.12 bits per heavy atom. The Morgan fingerprint density at radius 2 is 1.88 bits per heavy atom. The molecule has 0 aliphatic rings. The van der Waals surface area contributed by atoms with Crippen LogP contribution in [-0.2, 0) is 16.4 Å². The van der Waals surface area contributed by atoms with Crippen LogP contribution >= 0.6 is 11.3 Å². The van der Waals surface area contributed by atoms with Gasteiger partial charge < -0.3 is 4.74 Å². The van der Waals surface area contributed by atoms with E-state index in [2.05, 4.69) is 16.6 Å². The summed E-state index contributed by atoms with van der Waals surface area (Å²) in [6.45, 7) is 4.59. The average molecular weight is 377 g/mol. The molecule has 2 aromatic carbocycles. The second kappa shape index (κ2) is 7.41. The number of sulfonamides is 1. The first-order chi connectivity index (χ1) is 12.0. The van der Waals surface area contributed by atoms with E-state index in [1.807, 2.05) is 37.3 Å². The Bertz CT molecular complexity index is 964. The Balaban J connectivity index is 1.83. The van der Waals surface area contributed by atoms with Crippen molar-refractivity contribution < 1.29 is 13.2 Å². The average Bonchev–Trinajstić information content (AvgIpc) is 2.96. The molecule has 0 saturated heterocycles. The maximum absolute atomic E-state index is 12.5. The standard InChI is InChI=1S/C18H20N2O3S2/c1-3-5-13-6-9-15(10-7-13)25(21,22)20-18-19-16-11-8-14(23-4-2)12-17(16)24-18/h6-12H,3-5H2,1-2H3,(H,19,20). The van der Waals surface area contributed by atoms with Crippen LogP contribution in [0.25, 0.3) is 10.2 Å². The Labute approximate surface area is 151 Å². The molecule has 0 amide bonds. The number of hydrogen-bond donors (Lipinski definition) is 1. The van der Waals surface area contributed by atoms with E-state index < -0.39 is 10.0 Å². The molecule has 0 aliphatic carbocycles. The minimum absolute atomic E-state index is 0.238. The molecular weight excluding hydrogens is 356 g/mol. The maximum atomic E-state index is 12.5. The molecule has 132 valence electrons. The highest BCUT2D eigenvalue weighted by Crippen LogP contribution is 2.30. The molecule has 5 nitrogen and oxygen atoms in total. The van der Waals surface area contributed by atoms with E-state index in [1.54, 1.807) is 12.1 Å². The zero-order valence-electron chi connectivity index (χ0n) is 14.2. The third-order valence-electron chi connectivity index (χ3n) is 3.66. The number of nitrogens with one attached hydrogen (secondary N) is 1. The fourth-order valence-corrected chi connectivity index (χ4v) is 4.63. The summed E-state index contributed by atoms with van der Waals surface area (Å²) < 4.78 is 34.0. The van der Waals surface area contributed by atoms with Gasteiger partial charge in [0.25, 0.3) is 10.0 Å². The van der Waals surface area contributed by atoms with Crippen molar-refractivity contribution in [1.29, 1.82) is 0 Å². The molecule has 3 aromatic rings. The third-order valence-corrected chi connectivity index (χ3v) is 6.08. The number of thiazole rings is 1. The van der Waals surface area contributed by atoms with Gasteiger partial charge >= 0.3 is 0 Å². The van der Waals surface area contributed by atoms with Crippen LogP contribution in [0.3, 0.4) is 0 Å². The fraction of sp³-hybridized carbons (Fsp3) is 0.278. The quantitative estimate of drug-likeness (QED) is 0.661. The number of nitrogens with zero attached hydrogens (tertiary/aromatic N) is 1. The van der Waals surface area contributed by atoms with Gasteiger partial charge in [-0.15, -0.1) is 0 Å². The molecule has 1 N–H and O–H groups in total. The zero-order valence-corrected chi connectivity index (χ0v) is 15.8. The van der Waals surface area contributed by atoms with Crippen molar-refractivity contribution >= 4 is 36.7 Å². The van der Waals surface area contributed by atoms with Crippen LogP contribution < -0.4 is 9.46 Å². The summed E-state index contributed by atoms with van der Waals surface area (Å²) in [5, 5.41) is 0.348. The monoisotopic (exact) mass is 376 g/mol. The lowest BCUT2D eigenvalue weighted by molar-refractivity contribution is 0.341. The van der Waals surface area contributed by atoms with Gasteiger partial charge in [0.05, 0.1) is 21.7 Å². The van der Waals surface area contributed by atoms with Crippen molar-refractivity contribution in [2.75, 3.05) is 11.3 Å². The summed E-state index contributed by atoms with van der Waals surface area (Å²) >= 11 is 1.29. The molecule has 0 spiro atoms. The summed E-state index contributed by atoms with van der Waals surface area (Å²) in [4.78, 5) is 4.58. The SMILES string of the molecule is CCCc1ccc(S(=O)(=O)Nc2nc3ccc(OCC)cc3s2)cc1. The molecule has 0 unspecified atom stereocenters. The van der Waals surface area contributed by atoms with Crippen molar-refractivity contribution in [3.8, 4) is 5.75 Å². The number of ether oxygens (including phenoxy) is 1. The molecule has 3 rings (SSSR count). The summed E-state index contributed by atoms with van der Waals surface area (Å²) in [6.07, 6.45) is 1.97. The molecular formula is C18H20N2O3S2. The van der Waals surface area contributed by atoms with Gasteiger partial charge in [0.1, 0.15) is 5.75 Å². The molecule has 1 heterocycles. The highest BCUT2D eigenvalue weighted by Gasteiger charge is 2.16. The molecule has 0 aliphatic heterocycles. The molecule has 7 heteroatoms. The highest BCUT2D eigenvalue weighted by molar-refractivity contribution is 7.93. The Kier molecular flexibility index (Phi) is 5.24. The van der Waals surface area contributed by atoms with Gasteiger partial charge in [-0.3, -0.25) is 4.72 Å². The van der Waals surface area contributed by atoms with Gasteiger partial charge in [-0.05, 0) is 49.2 Å². The molecule has 0 atom stereocenters. The highest BCUT2D eigenvalue weighted by atomic mass is 32.2. The summed E-state index contributed by atoms with van der Waals surface area (Å²) in [5.41, 5.74) is 1.87. The lowest BCUT2D eigenvalue weighted by Gasteiger charge is -2.06. The van der Waals surface area contributed by atoms with Crippen molar-refractivity contribution in [1.82, 2.24) is 4.98 Å². The lowest BCUT2D eigenvalue weighted by Crippen LogP contribution is -2.12. The van der Waals surface area contributed by atoms with Crippen molar-refractivity contribution in [3.63, 3.8) is 0 Å². The summed E-state index contributed by atoms with van der Waals surface area (Å²) in [5.74, 6) is 0.750. The number of anilines is 1. The van der Waals surface area contributed by atoms with Crippen LogP contribution in [0.2, 0.25) is 0 Å². The molecule has 25 heavy (non-hydrogen) atoms. The largest absolute Gasteiger partial charge is 0.494 e. The predicted octanol–water partition coefficient (Wildman–Crippen LogP) is 4.45. The number of benzene rings is 2. The Morgan fingerprint density at radius 3 is 2.56 bits per heavy atom. The van der Waals surface area contributed by atoms with E-state index in [9.17, 15) is 8.42 Å². The van der Waals surface area contributed by atoms with E-state index in [0.29, 0.717) is 11.7 Å². The van der Waals surface area contributed by atoms with E-state index in [0.717, 1.165) is 34.4 Å². The van der Waals surface area contributed by atoms with Crippen LogP contribution in [0.15, 0.2) is 47.4 Å². The second-order valence-corrected chi connectivity index (χ2v) is 8.29. The number of hydrogen-bond acceptors (Lipinski definition) is 5. The molecule has 1 aromatic heterocycles. The first-order valence-corrected chi connectivity index (χ1v) is 10.5. The molecule has 0 saturated carbocycles. The van der Waals surface area contributed by atoms with Crippen LogP contribution in [0.4, 0.5) is 5.13 Å². The van der Waals surface area contributed by atoms with Crippen LogP contribution in [0.1, 0.15) is 25.8 Å². The zero-order chi connectivity index (χ0) is 17.9. The van der Waals surface area contributed by atoms with Gasteiger partial charge in [-0.25, -0.2) is 13.4 Å². The lowest BCUT2D eigenvalue weighted by atomic mass is 10.1. The molecule has 0 fully saturated rings. The van der Waals surface area contributed by atoms with Crippen molar-refractivity contribution in [2.24, 2.45) is 0 Å². The first kappa shape index (κ1) is 17.7. The fourth-order valence-electron chi connectivity index (χ4n) is 2.50. The predicted molar refractivity (Wildman–Crippen MR) is 102 cm³/mol. The topological polar surface area (TPSA) is 68.3 Å². The number of fused-ring (bicyclic) bond motifs is 1. The smallest absolute Gasteiger partial charge is 0.263 e. The normalized spacial score (nSPS) is 11.6. The van der Waals surface area contributed by atoms with E-state index in [-0.39, 0.29) is 4.90 Å². The van der Waals surface area contributed by atoms with Gasteiger partial charge in [0.15, 0.2) is 5.13 Å². The third kappa shape index (κ3) is 4.11. The minimum atomic E-state index is -3.65. The van der Waals surface area contributed by atoms with Crippen molar-refractivity contribution in [3.05, 3.63) is 48.0 Å². The number of rotatable bonds is 7. The van der Waals surface area contributed by atoms with Gasteiger partial charge in [-0.1, -0.05) is 36.8 Å². The van der Waals surface area contributed by atoms with Crippen LogP contribution in [0.5, 0.6) is 5.75 Å². The van der Waals surface area contributed by atoms with Gasteiger partial charge in [0, 0.05) is 0 Å². The molecule has 0 bridgehead atoms. The van der Waals surface area contributed by atoms with Crippen LogP contribution in [-0.4, -0.2) is 20.0 Å². The van der Waals surface area contributed by atoms with Crippen molar-refractivity contribution in [2.45, 2.75) is 31.6 Å².